The average molecular weight is 395 g/mol. The minimum atomic E-state index is -2.36. The molecule has 138 valence electrons. The zero-order valence-electron chi connectivity index (χ0n) is 13.9. The number of benzene rings is 1. The number of para-hydroxylation sites is 1. The standard InChI is InChI=1S/C15H14FN5S.H3NO2S/c1-9-13(22-15(17-2)19-9)12-11(16)8-18-14(21-12)20-10-6-4-3-5-7-10;1-4(2)3/h3-8H,1-2H3,(H,17,19)(H,18,20,21);1H2,(H,2,3)/p-1. The summed E-state index contributed by atoms with van der Waals surface area (Å²) in [5.74, 6) is -0.116. The van der Waals surface area contributed by atoms with E-state index in [0.29, 0.717) is 10.8 Å². The molecule has 0 fully saturated rings. The Kier molecular flexibility index (Phi) is 7.09. The number of thiazole rings is 1. The van der Waals surface area contributed by atoms with Gasteiger partial charge in [0.05, 0.1) is 16.8 Å². The van der Waals surface area contributed by atoms with Crippen molar-refractivity contribution in [2.75, 3.05) is 17.7 Å². The van der Waals surface area contributed by atoms with Crippen LogP contribution in [0, 0.1) is 12.7 Å². The lowest BCUT2D eigenvalue weighted by atomic mass is 10.3. The van der Waals surface area contributed by atoms with Crippen molar-refractivity contribution in [3.63, 3.8) is 0 Å². The summed E-state index contributed by atoms with van der Waals surface area (Å²) in [6.45, 7) is 1.83. The average Bonchev–Trinajstić information content (AvgIpc) is 2.98. The van der Waals surface area contributed by atoms with Crippen LogP contribution in [0.4, 0.5) is 21.2 Å². The zero-order valence-corrected chi connectivity index (χ0v) is 15.5. The Morgan fingerprint density at radius 2 is 1.92 bits per heavy atom. The van der Waals surface area contributed by atoms with Gasteiger partial charge in [-0.25, -0.2) is 19.3 Å². The molecule has 26 heavy (non-hydrogen) atoms. The van der Waals surface area contributed by atoms with E-state index in [9.17, 15) is 4.39 Å². The second-order valence-electron chi connectivity index (χ2n) is 4.83. The molecule has 0 radical (unpaired) electrons. The van der Waals surface area contributed by atoms with Crippen molar-refractivity contribution >= 4 is 39.4 Å². The largest absolute Gasteiger partial charge is 0.760 e. The summed E-state index contributed by atoms with van der Waals surface area (Å²) < 4.78 is 31.6. The second-order valence-corrected chi connectivity index (χ2v) is 6.35. The Morgan fingerprint density at radius 1 is 1.27 bits per heavy atom. The molecule has 11 heteroatoms. The third-order valence-corrected chi connectivity index (χ3v) is 4.18. The van der Waals surface area contributed by atoms with Gasteiger partial charge in [0.2, 0.25) is 5.95 Å². The minimum Gasteiger partial charge on any atom is -0.760 e. The predicted molar refractivity (Wildman–Crippen MR) is 100 cm³/mol. The molecule has 3 rings (SSSR count). The Labute approximate surface area is 156 Å². The van der Waals surface area contributed by atoms with Gasteiger partial charge in [-0.1, -0.05) is 29.5 Å². The fourth-order valence-electron chi connectivity index (χ4n) is 1.96. The summed E-state index contributed by atoms with van der Waals surface area (Å²) in [5.41, 5.74) is 1.83. The quantitative estimate of drug-likeness (QED) is 0.579. The van der Waals surface area contributed by atoms with E-state index in [2.05, 4.69) is 30.7 Å². The van der Waals surface area contributed by atoms with Crippen molar-refractivity contribution in [3.05, 3.63) is 48.0 Å². The first-order valence-electron chi connectivity index (χ1n) is 7.24. The highest BCUT2D eigenvalue weighted by Gasteiger charge is 2.16. The second kappa shape index (κ2) is 9.29. The highest BCUT2D eigenvalue weighted by Crippen LogP contribution is 2.33. The van der Waals surface area contributed by atoms with Gasteiger partial charge in [0.1, 0.15) is 5.69 Å². The molecule has 0 saturated heterocycles. The molecule has 0 bridgehead atoms. The number of nitrogens with two attached hydrogens (primary N) is 1. The van der Waals surface area contributed by atoms with Crippen LogP contribution in [0.15, 0.2) is 36.5 Å². The Hall–Kier alpha value is -2.47. The van der Waals surface area contributed by atoms with Gasteiger partial charge in [0.15, 0.2) is 10.9 Å². The number of aromatic nitrogens is 3. The lowest BCUT2D eigenvalue weighted by Crippen LogP contribution is -2.00. The minimum absolute atomic E-state index is 0.255. The van der Waals surface area contributed by atoms with E-state index in [4.69, 9.17) is 8.76 Å². The van der Waals surface area contributed by atoms with Gasteiger partial charge in [-0.05, 0) is 19.1 Å². The van der Waals surface area contributed by atoms with E-state index in [0.717, 1.165) is 16.5 Å². The van der Waals surface area contributed by atoms with Crippen LogP contribution in [0.2, 0.25) is 0 Å². The van der Waals surface area contributed by atoms with E-state index in [1.165, 1.54) is 17.5 Å². The van der Waals surface area contributed by atoms with Gasteiger partial charge in [-0.15, -0.1) is 0 Å². The number of aryl methyl sites for hydroxylation is 1. The van der Waals surface area contributed by atoms with Gasteiger partial charge in [0, 0.05) is 24.0 Å². The van der Waals surface area contributed by atoms with Crippen molar-refractivity contribution in [3.8, 4) is 10.6 Å². The molecule has 0 aliphatic carbocycles. The molecular weight excluding hydrogens is 379 g/mol. The SMILES string of the molecule is CNc1nc(C)c(-c2nc(Nc3ccccc3)ncc2F)s1.NS(=O)[O-]. The van der Waals surface area contributed by atoms with Crippen LogP contribution in [-0.2, 0) is 11.3 Å². The topological polar surface area (TPSA) is 129 Å². The van der Waals surface area contributed by atoms with E-state index in [1.54, 1.807) is 7.05 Å². The summed E-state index contributed by atoms with van der Waals surface area (Å²) in [5, 5.41) is 10.8. The molecule has 1 atom stereocenters. The molecule has 0 amide bonds. The molecule has 2 aromatic heterocycles. The third kappa shape index (κ3) is 5.52. The molecule has 0 aliphatic rings. The number of anilines is 3. The zero-order chi connectivity index (χ0) is 19.1. The van der Waals surface area contributed by atoms with Crippen LogP contribution in [0.3, 0.4) is 0 Å². The summed E-state index contributed by atoms with van der Waals surface area (Å²) in [6, 6.07) is 9.51. The van der Waals surface area contributed by atoms with Crippen LogP contribution >= 0.6 is 11.3 Å². The van der Waals surface area contributed by atoms with Crippen LogP contribution < -0.4 is 15.8 Å². The van der Waals surface area contributed by atoms with Crippen LogP contribution in [0.1, 0.15) is 5.69 Å². The molecule has 4 N–H and O–H groups in total. The maximum absolute atomic E-state index is 14.1. The van der Waals surface area contributed by atoms with Gasteiger partial charge in [-0.2, -0.15) is 0 Å². The first kappa shape index (κ1) is 19.8. The van der Waals surface area contributed by atoms with Crippen molar-refractivity contribution in [2.24, 2.45) is 5.14 Å². The number of rotatable bonds is 4. The maximum Gasteiger partial charge on any atom is 0.227 e. The third-order valence-electron chi connectivity index (χ3n) is 3.00. The van der Waals surface area contributed by atoms with Gasteiger partial charge in [0.25, 0.3) is 0 Å². The number of hydrogen-bond acceptors (Lipinski definition) is 8. The summed E-state index contributed by atoms with van der Waals surface area (Å²) >= 11 is -1.000. The van der Waals surface area contributed by atoms with Gasteiger partial charge < -0.3 is 15.2 Å². The fourth-order valence-corrected chi connectivity index (χ4v) is 2.87. The molecule has 2 heterocycles. The predicted octanol–water partition coefficient (Wildman–Crippen LogP) is 2.57. The lowest BCUT2D eigenvalue weighted by molar-refractivity contribution is 0.538. The fraction of sp³-hybridized carbons (Fsp3) is 0.133. The molecular formula is C15H16FN6O2S2-. The summed E-state index contributed by atoms with van der Waals surface area (Å²) in [6.07, 6.45) is 1.17. The molecule has 0 saturated carbocycles. The van der Waals surface area contributed by atoms with E-state index < -0.39 is 17.1 Å². The number of halogens is 1. The monoisotopic (exact) mass is 395 g/mol. The highest BCUT2D eigenvalue weighted by atomic mass is 32.2. The smallest absolute Gasteiger partial charge is 0.227 e. The van der Waals surface area contributed by atoms with Crippen LogP contribution in [-0.4, -0.2) is 30.8 Å². The number of hydrogen-bond donors (Lipinski definition) is 3. The van der Waals surface area contributed by atoms with Crippen molar-refractivity contribution < 1.29 is 13.2 Å². The first-order valence-corrected chi connectivity index (χ1v) is 9.20. The Morgan fingerprint density at radius 3 is 2.50 bits per heavy atom. The number of nitrogens with one attached hydrogen (secondary N) is 2. The Bertz CT molecular complexity index is 887. The molecule has 1 aromatic carbocycles. The normalized spacial score (nSPS) is 11.3. The summed E-state index contributed by atoms with van der Waals surface area (Å²) in [4.78, 5) is 13.3. The molecule has 1 unspecified atom stereocenters. The maximum atomic E-state index is 14.1. The summed E-state index contributed by atoms with van der Waals surface area (Å²) in [7, 11) is 1.78. The lowest BCUT2D eigenvalue weighted by Gasteiger charge is -2.06. The molecule has 0 spiro atoms. The van der Waals surface area contributed by atoms with Crippen molar-refractivity contribution in [1.82, 2.24) is 15.0 Å². The number of nitrogens with zero attached hydrogens (tertiary/aromatic N) is 3. The Balaban J connectivity index is 0.000000552. The molecule has 3 aromatic rings. The first-order chi connectivity index (χ1) is 12.4. The van der Waals surface area contributed by atoms with Gasteiger partial charge in [-0.3, -0.25) is 9.35 Å². The van der Waals surface area contributed by atoms with Crippen molar-refractivity contribution in [2.45, 2.75) is 6.92 Å². The molecule has 0 aliphatic heterocycles. The van der Waals surface area contributed by atoms with Gasteiger partial charge >= 0.3 is 0 Å². The van der Waals surface area contributed by atoms with Crippen molar-refractivity contribution in [1.29, 1.82) is 0 Å². The van der Waals surface area contributed by atoms with Crippen LogP contribution in [0.25, 0.3) is 10.6 Å². The highest BCUT2D eigenvalue weighted by molar-refractivity contribution is 7.76. The van der Waals surface area contributed by atoms with Crippen LogP contribution in [0.5, 0.6) is 0 Å². The van der Waals surface area contributed by atoms with E-state index in [1.807, 2.05) is 37.3 Å². The van der Waals surface area contributed by atoms with E-state index >= 15 is 0 Å². The molecule has 8 nitrogen and oxygen atoms in total. The van der Waals surface area contributed by atoms with E-state index in [-0.39, 0.29) is 5.69 Å².